The van der Waals surface area contributed by atoms with Crippen LogP contribution in [0.5, 0.6) is 5.75 Å². The fourth-order valence-electron chi connectivity index (χ4n) is 4.83. The number of aromatic nitrogens is 2. The number of thioether (sulfide) groups is 1. The van der Waals surface area contributed by atoms with E-state index >= 15 is 0 Å². The van der Waals surface area contributed by atoms with Crippen molar-refractivity contribution in [2.45, 2.75) is 79.1 Å². The Bertz CT molecular complexity index is 1610. The molecule has 0 spiro atoms. The number of carbonyl (C=O) groups is 5. The summed E-state index contributed by atoms with van der Waals surface area (Å²) in [6.45, 7) is 10.4. The van der Waals surface area contributed by atoms with Crippen LogP contribution in [0.25, 0.3) is 6.08 Å². The average Bonchev–Trinajstić information content (AvgIpc) is 3.51. The number of esters is 1. The van der Waals surface area contributed by atoms with Crippen LogP contribution in [0.15, 0.2) is 48.8 Å². The van der Waals surface area contributed by atoms with E-state index in [1.807, 2.05) is 46.2 Å². The predicted molar refractivity (Wildman–Crippen MR) is 207 cm³/mol. The highest BCUT2D eigenvalue weighted by Gasteiger charge is 2.35. The minimum Gasteiger partial charge on any atom is -0.495 e. The number of benzene rings is 1. The smallest absolute Gasteiger partial charge is 0.314 e. The van der Waals surface area contributed by atoms with Crippen LogP contribution >= 0.6 is 23.4 Å². The molecule has 3 amide bonds. The molecule has 2 unspecified atom stereocenters. The highest BCUT2D eigenvalue weighted by atomic mass is 35.5. The number of aryl methyl sites for hydroxylation is 1. The average molecular weight is 776 g/mol. The summed E-state index contributed by atoms with van der Waals surface area (Å²) >= 11 is 7.31. The van der Waals surface area contributed by atoms with Crippen molar-refractivity contribution in [1.82, 2.24) is 25.7 Å². The SMILES string of the molecule is COc1ccc(CC(NC(=O)/C=C/C[C@H](O)[C@H](C)/C=C/c2cnn(C)c2)C(=O)NCC(C)(C)C(=O)OC(CC(C)C)C(=O)SCCNC(C)=O)cc1Cl. The quantitative estimate of drug-likeness (QED) is 0.0814. The van der Waals surface area contributed by atoms with E-state index in [-0.39, 0.29) is 42.2 Å². The van der Waals surface area contributed by atoms with Crippen LogP contribution in [-0.4, -0.2) is 87.9 Å². The van der Waals surface area contributed by atoms with E-state index in [1.165, 1.54) is 20.1 Å². The number of aliphatic hydroxyl groups is 1. The molecular weight excluding hydrogens is 722 g/mol. The van der Waals surface area contributed by atoms with Gasteiger partial charge in [-0.3, -0.25) is 28.7 Å². The van der Waals surface area contributed by atoms with Crippen molar-refractivity contribution in [3.63, 3.8) is 0 Å². The molecule has 4 atom stereocenters. The number of ether oxygens (including phenoxy) is 2. The lowest BCUT2D eigenvalue weighted by atomic mass is 9.93. The molecule has 292 valence electrons. The molecule has 0 aliphatic heterocycles. The summed E-state index contributed by atoms with van der Waals surface area (Å²) in [5.74, 6) is -1.36. The van der Waals surface area contributed by atoms with Gasteiger partial charge in [-0.25, -0.2) is 0 Å². The minimum absolute atomic E-state index is 0.0568. The first-order valence-electron chi connectivity index (χ1n) is 17.5. The Kier molecular flexibility index (Phi) is 18.8. The highest BCUT2D eigenvalue weighted by molar-refractivity contribution is 8.13. The van der Waals surface area contributed by atoms with Crippen molar-refractivity contribution in [1.29, 1.82) is 0 Å². The van der Waals surface area contributed by atoms with Crippen molar-refractivity contribution in [3.8, 4) is 5.75 Å². The number of methoxy groups -OCH3 is 1. The zero-order chi connectivity index (χ0) is 39.7. The lowest BCUT2D eigenvalue weighted by Crippen LogP contribution is -2.51. The molecule has 1 aromatic heterocycles. The largest absolute Gasteiger partial charge is 0.495 e. The van der Waals surface area contributed by atoms with E-state index in [9.17, 15) is 29.1 Å². The van der Waals surface area contributed by atoms with E-state index < -0.39 is 41.4 Å². The third-order valence-corrected chi connectivity index (χ3v) is 9.29. The van der Waals surface area contributed by atoms with Gasteiger partial charge in [0.05, 0.1) is 29.8 Å². The first-order valence-corrected chi connectivity index (χ1v) is 18.8. The summed E-state index contributed by atoms with van der Waals surface area (Å²) in [4.78, 5) is 64.0. The maximum atomic E-state index is 13.6. The number of halogens is 1. The molecule has 0 aliphatic carbocycles. The molecule has 0 bridgehead atoms. The third kappa shape index (κ3) is 16.6. The van der Waals surface area contributed by atoms with Gasteiger partial charge in [0, 0.05) is 56.9 Å². The molecule has 0 saturated heterocycles. The number of hydrogen-bond acceptors (Lipinski definition) is 10. The van der Waals surface area contributed by atoms with Crippen molar-refractivity contribution < 1.29 is 38.6 Å². The van der Waals surface area contributed by atoms with Gasteiger partial charge in [0.15, 0.2) is 6.10 Å². The number of aliphatic hydroxyl groups excluding tert-OH is 1. The molecule has 1 heterocycles. The Morgan fingerprint density at radius 3 is 2.45 bits per heavy atom. The first-order chi connectivity index (χ1) is 24.9. The van der Waals surface area contributed by atoms with Crippen LogP contribution < -0.4 is 20.7 Å². The summed E-state index contributed by atoms with van der Waals surface area (Å²) in [6.07, 6.45) is 8.92. The molecule has 53 heavy (non-hydrogen) atoms. The molecular formula is C38H54ClN5O8S. The number of nitrogens with one attached hydrogen (secondary N) is 3. The van der Waals surface area contributed by atoms with Gasteiger partial charge in [-0.05, 0) is 56.4 Å². The van der Waals surface area contributed by atoms with Crippen molar-refractivity contribution in [3.05, 3.63) is 65.0 Å². The summed E-state index contributed by atoms with van der Waals surface area (Å²) in [7, 11) is 3.30. The van der Waals surface area contributed by atoms with Gasteiger partial charge >= 0.3 is 5.97 Å². The molecule has 15 heteroatoms. The van der Waals surface area contributed by atoms with Gasteiger partial charge in [-0.1, -0.05) is 68.4 Å². The monoisotopic (exact) mass is 775 g/mol. The molecule has 1 aromatic carbocycles. The van der Waals surface area contributed by atoms with Crippen molar-refractivity contribution >= 4 is 58.2 Å². The molecule has 0 aliphatic rings. The Morgan fingerprint density at radius 1 is 1.13 bits per heavy atom. The number of amides is 3. The Labute approximate surface area is 321 Å². The van der Waals surface area contributed by atoms with Gasteiger partial charge in [-0.15, -0.1) is 0 Å². The zero-order valence-corrected chi connectivity index (χ0v) is 33.4. The van der Waals surface area contributed by atoms with Gasteiger partial charge < -0.3 is 30.5 Å². The Balaban J connectivity index is 2.10. The van der Waals surface area contributed by atoms with Crippen LogP contribution in [-0.2, 0) is 42.2 Å². The number of nitrogens with zero attached hydrogens (tertiary/aromatic N) is 2. The second-order valence-corrected chi connectivity index (χ2v) is 15.4. The third-order valence-electron chi connectivity index (χ3n) is 8.03. The molecule has 2 rings (SSSR count). The van der Waals surface area contributed by atoms with Crippen molar-refractivity contribution in [2.24, 2.45) is 24.3 Å². The fraction of sp³-hybridized carbons (Fsp3) is 0.526. The lowest BCUT2D eigenvalue weighted by molar-refractivity contribution is -0.162. The first kappa shape index (κ1) is 45.0. The van der Waals surface area contributed by atoms with E-state index in [2.05, 4.69) is 21.0 Å². The maximum Gasteiger partial charge on any atom is 0.314 e. The van der Waals surface area contributed by atoms with Crippen LogP contribution in [0.2, 0.25) is 5.02 Å². The molecule has 0 saturated carbocycles. The number of hydrogen-bond donors (Lipinski definition) is 4. The van der Waals surface area contributed by atoms with E-state index in [0.29, 0.717) is 35.1 Å². The normalized spacial score (nSPS) is 14.1. The molecule has 13 nitrogen and oxygen atoms in total. The molecule has 0 fully saturated rings. The zero-order valence-electron chi connectivity index (χ0n) is 31.8. The topological polar surface area (TPSA) is 178 Å². The van der Waals surface area contributed by atoms with Gasteiger partial charge in [0.25, 0.3) is 0 Å². The molecule has 0 radical (unpaired) electrons. The van der Waals surface area contributed by atoms with Gasteiger partial charge in [-0.2, -0.15) is 5.10 Å². The second-order valence-electron chi connectivity index (χ2n) is 13.9. The van der Waals surface area contributed by atoms with E-state index in [1.54, 1.807) is 49.0 Å². The minimum atomic E-state index is -1.23. The molecule has 4 N–H and O–H groups in total. The Hall–Kier alpha value is -4.14. The van der Waals surface area contributed by atoms with Crippen molar-refractivity contribution in [2.75, 3.05) is 26.0 Å². The lowest BCUT2D eigenvalue weighted by Gasteiger charge is -2.27. The van der Waals surface area contributed by atoms with Gasteiger partial charge in [0.2, 0.25) is 22.8 Å². The summed E-state index contributed by atoms with van der Waals surface area (Å²) in [6, 6.07) is 3.96. The van der Waals surface area contributed by atoms with Crippen LogP contribution in [0.1, 0.15) is 65.5 Å². The maximum absolute atomic E-state index is 13.6. The standard InChI is InChI=1S/C38H54ClN5O8S/c1-24(2)18-33(36(49)53-17-16-40-26(4)45)52-37(50)38(5,6)23-41-35(48)30(20-27-14-15-32(51-8)29(39)19-27)43-34(47)11-9-10-31(46)25(3)12-13-28-21-42-44(7)22-28/h9,11-15,19,21-22,24-25,30-31,33,46H,10,16-18,20,23H2,1-8H3,(H,40,45)(H,41,48)(H,43,47)/b11-9+,13-12+/t25-,30?,31+,33?/m1/s1. The summed E-state index contributed by atoms with van der Waals surface area (Å²) in [5, 5.41) is 22.9. The summed E-state index contributed by atoms with van der Waals surface area (Å²) in [5.41, 5.74) is 0.317. The van der Waals surface area contributed by atoms with Gasteiger partial charge in [0.1, 0.15) is 11.8 Å². The van der Waals surface area contributed by atoms with E-state index in [0.717, 1.165) is 17.3 Å². The molecule has 2 aromatic rings. The Morgan fingerprint density at radius 2 is 1.85 bits per heavy atom. The predicted octanol–water partition coefficient (Wildman–Crippen LogP) is 4.26. The van der Waals surface area contributed by atoms with Crippen LogP contribution in [0, 0.1) is 17.3 Å². The summed E-state index contributed by atoms with van der Waals surface area (Å²) < 4.78 is 12.6. The van der Waals surface area contributed by atoms with Crippen LogP contribution in [0.3, 0.4) is 0 Å². The van der Waals surface area contributed by atoms with E-state index in [4.69, 9.17) is 21.1 Å². The number of rotatable bonds is 21. The second kappa shape index (κ2) is 22.2. The number of carbonyl (C=O) groups excluding carboxylic acids is 5. The van der Waals surface area contributed by atoms with Crippen LogP contribution in [0.4, 0.5) is 0 Å². The fourth-order valence-corrected chi connectivity index (χ4v) is 5.85. The highest BCUT2D eigenvalue weighted by Crippen LogP contribution is 2.26.